The van der Waals surface area contributed by atoms with Crippen molar-refractivity contribution in [2.75, 3.05) is 12.4 Å². The Morgan fingerprint density at radius 3 is 2.68 bits per heavy atom. The van der Waals surface area contributed by atoms with Crippen LogP contribution < -0.4 is 10.1 Å². The van der Waals surface area contributed by atoms with E-state index in [2.05, 4.69) is 5.32 Å². The summed E-state index contributed by atoms with van der Waals surface area (Å²) < 4.78 is 18.3. The molecule has 0 saturated heterocycles. The van der Waals surface area contributed by atoms with E-state index in [9.17, 15) is 4.39 Å². The summed E-state index contributed by atoms with van der Waals surface area (Å²) in [5.41, 5.74) is 1.80. The van der Waals surface area contributed by atoms with Gasteiger partial charge < -0.3 is 10.1 Å². The van der Waals surface area contributed by atoms with E-state index in [-0.39, 0.29) is 11.9 Å². The van der Waals surface area contributed by atoms with Crippen molar-refractivity contribution in [3.05, 3.63) is 58.9 Å². The molecule has 2 nitrogen and oxygen atoms in total. The predicted molar refractivity (Wildman–Crippen MR) is 76.4 cm³/mol. The lowest BCUT2D eigenvalue weighted by atomic mass is 10.1. The van der Waals surface area contributed by atoms with Crippen LogP contribution in [0.5, 0.6) is 5.75 Å². The topological polar surface area (TPSA) is 21.3 Å². The number of hydrogen-bond acceptors (Lipinski definition) is 2. The Balaban J connectivity index is 2.21. The molecule has 19 heavy (non-hydrogen) atoms. The monoisotopic (exact) mass is 279 g/mol. The fourth-order valence-electron chi connectivity index (χ4n) is 1.88. The lowest BCUT2D eigenvalue weighted by Crippen LogP contribution is -2.07. The molecule has 4 heteroatoms. The predicted octanol–water partition coefficient (Wildman–Crippen LogP) is 4.66. The smallest absolute Gasteiger partial charge is 0.144 e. The Hall–Kier alpha value is -1.74. The van der Waals surface area contributed by atoms with Gasteiger partial charge in [0.05, 0.1) is 12.8 Å². The quantitative estimate of drug-likeness (QED) is 0.879. The van der Waals surface area contributed by atoms with Gasteiger partial charge in [-0.05, 0) is 36.8 Å². The van der Waals surface area contributed by atoms with Gasteiger partial charge in [-0.1, -0.05) is 23.7 Å². The zero-order valence-corrected chi connectivity index (χ0v) is 11.5. The SMILES string of the molecule is COc1cc(F)ccc1NC(C)c1cccc(Cl)c1. The van der Waals surface area contributed by atoms with Gasteiger partial charge in [0.15, 0.2) is 0 Å². The van der Waals surface area contributed by atoms with E-state index < -0.39 is 0 Å². The average molecular weight is 280 g/mol. The van der Waals surface area contributed by atoms with Gasteiger partial charge in [0, 0.05) is 17.1 Å². The van der Waals surface area contributed by atoms with E-state index in [0.717, 1.165) is 11.3 Å². The molecule has 0 heterocycles. The first-order valence-electron chi connectivity index (χ1n) is 5.95. The second-order valence-corrected chi connectivity index (χ2v) is 4.70. The normalized spacial score (nSPS) is 12.0. The molecule has 1 unspecified atom stereocenters. The van der Waals surface area contributed by atoms with Gasteiger partial charge >= 0.3 is 0 Å². The molecule has 2 aromatic rings. The molecule has 0 fully saturated rings. The molecule has 0 aliphatic heterocycles. The third kappa shape index (κ3) is 3.38. The molecule has 0 aliphatic rings. The highest BCUT2D eigenvalue weighted by Gasteiger charge is 2.10. The number of benzene rings is 2. The molecule has 0 spiro atoms. The molecule has 0 radical (unpaired) electrons. The van der Waals surface area contributed by atoms with E-state index in [0.29, 0.717) is 10.8 Å². The Morgan fingerprint density at radius 1 is 1.21 bits per heavy atom. The number of nitrogens with one attached hydrogen (secondary N) is 1. The second-order valence-electron chi connectivity index (χ2n) is 4.27. The summed E-state index contributed by atoms with van der Waals surface area (Å²) in [6.07, 6.45) is 0. The molecular formula is C15H15ClFNO. The first-order chi connectivity index (χ1) is 9.10. The highest BCUT2D eigenvalue weighted by Crippen LogP contribution is 2.29. The third-order valence-corrected chi connectivity index (χ3v) is 3.12. The fourth-order valence-corrected chi connectivity index (χ4v) is 2.08. The zero-order chi connectivity index (χ0) is 13.8. The molecule has 2 aromatic carbocycles. The Morgan fingerprint density at radius 2 is 2.00 bits per heavy atom. The van der Waals surface area contributed by atoms with Crippen LogP contribution in [0.2, 0.25) is 5.02 Å². The molecule has 1 N–H and O–H groups in total. The zero-order valence-electron chi connectivity index (χ0n) is 10.8. The average Bonchev–Trinajstić information content (AvgIpc) is 2.40. The summed E-state index contributed by atoms with van der Waals surface area (Å²) >= 11 is 5.97. The highest BCUT2D eigenvalue weighted by molar-refractivity contribution is 6.30. The van der Waals surface area contributed by atoms with Crippen molar-refractivity contribution in [3.8, 4) is 5.75 Å². The highest BCUT2D eigenvalue weighted by atomic mass is 35.5. The maximum Gasteiger partial charge on any atom is 0.144 e. The Kier molecular flexibility index (Phi) is 4.27. The molecule has 0 saturated carbocycles. The van der Waals surface area contributed by atoms with Crippen molar-refractivity contribution in [2.45, 2.75) is 13.0 Å². The first kappa shape index (κ1) is 13.7. The van der Waals surface area contributed by atoms with Crippen LogP contribution in [0, 0.1) is 5.82 Å². The number of anilines is 1. The minimum absolute atomic E-state index is 0.0399. The van der Waals surface area contributed by atoms with E-state index >= 15 is 0 Å². The molecule has 2 rings (SSSR count). The summed E-state index contributed by atoms with van der Waals surface area (Å²) in [4.78, 5) is 0. The second kappa shape index (κ2) is 5.93. The van der Waals surface area contributed by atoms with E-state index in [4.69, 9.17) is 16.3 Å². The third-order valence-electron chi connectivity index (χ3n) is 2.88. The van der Waals surface area contributed by atoms with Crippen molar-refractivity contribution in [1.82, 2.24) is 0 Å². The van der Waals surface area contributed by atoms with Crippen LogP contribution in [0.15, 0.2) is 42.5 Å². The van der Waals surface area contributed by atoms with Crippen molar-refractivity contribution in [3.63, 3.8) is 0 Å². The maximum atomic E-state index is 13.1. The molecular weight excluding hydrogens is 265 g/mol. The molecule has 0 amide bonds. The van der Waals surface area contributed by atoms with Gasteiger partial charge in [-0.3, -0.25) is 0 Å². The summed E-state index contributed by atoms with van der Waals surface area (Å²) in [5.74, 6) is 0.159. The van der Waals surface area contributed by atoms with Crippen LogP contribution in [-0.4, -0.2) is 7.11 Å². The lowest BCUT2D eigenvalue weighted by molar-refractivity contribution is 0.412. The van der Waals surface area contributed by atoms with Crippen LogP contribution in [0.3, 0.4) is 0 Å². The van der Waals surface area contributed by atoms with Gasteiger partial charge in [-0.25, -0.2) is 4.39 Å². The molecule has 100 valence electrons. The van der Waals surface area contributed by atoms with Gasteiger partial charge in [0.25, 0.3) is 0 Å². The van der Waals surface area contributed by atoms with E-state index in [1.165, 1.54) is 19.2 Å². The van der Waals surface area contributed by atoms with Gasteiger partial charge in [-0.2, -0.15) is 0 Å². The minimum atomic E-state index is -0.321. The van der Waals surface area contributed by atoms with Gasteiger partial charge in [0.1, 0.15) is 11.6 Å². The summed E-state index contributed by atoms with van der Waals surface area (Å²) in [5, 5.41) is 3.97. The minimum Gasteiger partial charge on any atom is -0.494 e. The molecule has 0 aliphatic carbocycles. The lowest BCUT2D eigenvalue weighted by Gasteiger charge is -2.18. The number of ether oxygens (including phenoxy) is 1. The number of halogens is 2. The fraction of sp³-hybridized carbons (Fsp3) is 0.200. The van der Waals surface area contributed by atoms with Crippen LogP contribution in [0.25, 0.3) is 0 Å². The molecule has 0 aromatic heterocycles. The van der Waals surface area contributed by atoms with Gasteiger partial charge in [-0.15, -0.1) is 0 Å². The van der Waals surface area contributed by atoms with Crippen LogP contribution in [0.1, 0.15) is 18.5 Å². The largest absolute Gasteiger partial charge is 0.494 e. The number of methoxy groups -OCH3 is 1. The van der Waals surface area contributed by atoms with Crippen molar-refractivity contribution in [2.24, 2.45) is 0 Å². The first-order valence-corrected chi connectivity index (χ1v) is 6.33. The Bertz CT molecular complexity index is 574. The summed E-state index contributed by atoms with van der Waals surface area (Å²) in [6.45, 7) is 2.01. The van der Waals surface area contributed by atoms with Crippen molar-refractivity contribution < 1.29 is 9.13 Å². The van der Waals surface area contributed by atoms with E-state index in [1.807, 2.05) is 31.2 Å². The number of hydrogen-bond donors (Lipinski definition) is 1. The van der Waals surface area contributed by atoms with Crippen molar-refractivity contribution in [1.29, 1.82) is 0 Å². The van der Waals surface area contributed by atoms with Crippen molar-refractivity contribution >= 4 is 17.3 Å². The van der Waals surface area contributed by atoms with Crippen LogP contribution in [0.4, 0.5) is 10.1 Å². The maximum absolute atomic E-state index is 13.1. The van der Waals surface area contributed by atoms with Crippen LogP contribution >= 0.6 is 11.6 Å². The number of rotatable bonds is 4. The van der Waals surface area contributed by atoms with E-state index in [1.54, 1.807) is 6.07 Å². The molecule has 1 atom stereocenters. The van der Waals surface area contributed by atoms with Crippen LogP contribution in [-0.2, 0) is 0 Å². The summed E-state index contributed by atoms with van der Waals surface area (Å²) in [7, 11) is 1.52. The van der Waals surface area contributed by atoms with Gasteiger partial charge in [0.2, 0.25) is 0 Å². The summed E-state index contributed by atoms with van der Waals surface area (Å²) in [6, 6.07) is 12.1. The Labute approximate surface area is 117 Å². The standard InChI is InChI=1S/C15H15ClFNO/c1-10(11-4-3-5-12(16)8-11)18-14-7-6-13(17)9-15(14)19-2/h3-10,18H,1-2H3. The molecule has 0 bridgehead atoms.